The molecule has 146 valence electrons. The minimum absolute atomic E-state index is 0.111. The van der Waals surface area contributed by atoms with Crippen molar-refractivity contribution in [1.82, 2.24) is 19.9 Å². The number of fused-ring (bicyclic) bond motifs is 1. The van der Waals surface area contributed by atoms with Crippen LogP contribution in [0.2, 0.25) is 0 Å². The fraction of sp³-hybridized carbons (Fsp3) is 0.619. The fourth-order valence-corrected chi connectivity index (χ4v) is 6.19. The number of methoxy groups -OCH3 is 1. The summed E-state index contributed by atoms with van der Waals surface area (Å²) in [7, 11) is 1.63. The lowest BCUT2D eigenvalue weighted by molar-refractivity contribution is -0.0451. The van der Waals surface area contributed by atoms with Crippen LogP contribution in [0.25, 0.3) is 5.65 Å². The topological polar surface area (TPSA) is 92.3 Å². The third kappa shape index (κ3) is 2.62. The van der Waals surface area contributed by atoms with E-state index in [1.165, 1.54) is 0 Å². The molecule has 2 unspecified atom stereocenters. The maximum Gasteiger partial charge on any atom is 0.257 e. The molecule has 2 aromatic heterocycles. The monoisotopic (exact) mass is 379 g/mol. The van der Waals surface area contributed by atoms with E-state index in [-0.39, 0.29) is 17.4 Å². The van der Waals surface area contributed by atoms with E-state index in [0.717, 1.165) is 43.5 Å². The number of carbonyl (C=O) groups excluding carboxylic acids is 1. The van der Waals surface area contributed by atoms with Crippen molar-refractivity contribution in [3.8, 4) is 6.07 Å². The highest BCUT2D eigenvalue weighted by atomic mass is 16.5. The second-order valence-corrected chi connectivity index (χ2v) is 8.98. The Hall–Kier alpha value is -2.46. The average Bonchev–Trinajstić information content (AvgIpc) is 3.09. The van der Waals surface area contributed by atoms with Crippen LogP contribution in [-0.2, 0) is 11.3 Å². The van der Waals surface area contributed by atoms with Crippen LogP contribution >= 0.6 is 0 Å². The van der Waals surface area contributed by atoms with Gasteiger partial charge in [-0.2, -0.15) is 10.4 Å². The zero-order valence-corrected chi connectivity index (χ0v) is 16.3. The van der Waals surface area contributed by atoms with Crippen molar-refractivity contribution < 1.29 is 9.53 Å². The van der Waals surface area contributed by atoms with E-state index in [0.29, 0.717) is 35.6 Å². The molecular formula is C21H25N5O2. The van der Waals surface area contributed by atoms with Crippen molar-refractivity contribution >= 4 is 11.6 Å². The Morgan fingerprint density at radius 3 is 2.82 bits per heavy atom. The summed E-state index contributed by atoms with van der Waals surface area (Å²) in [4.78, 5) is 17.7. The van der Waals surface area contributed by atoms with Gasteiger partial charge in [0.15, 0.2) is 5.65 Å². The van der Waals surface area contributed by atoms with Gasteiger partial charge in [0, 0.05) is 18.8 Å². The minimum atomic E-state index is -0.143. The lowest BCUT2D eigenvalue weighted by Gasteiger charge is -2.57. The van der Waals surface area contributed by atoms with Crippen molar-refractivity contribution in [3.63, 3.8) is 0 Å². The standard InChI is InChI=1S/C21H25N5O2/c1-12-3-16(10-28-2)24-19-17(9-23-26(12)19)20(27)25-18-14-4-13-5-15(18)8-21(6-13,7-14)11-22/h3,9,13-15,18H,4-8,10H2,1-2H3,(H,25,27). The van der Waals surface area contributed by atoms with Gasteiger partial charge >= 0.3 is 0 Å². The zero-order valence-electron chi connectivity index (χ0n) is 16.3. The van der Waals surface area contributed by atoms with Crippen LogP contribution in [0.4, 0.5) is 0 Å². The summed E-state index contributed by atoms with van der Waals surface area (Å²) in [5.74, 6) is 1.37. The van der Waals surface area contributed by atoms with Crippen LogP contribution in [0.1, 0.15) is 53.8 Å². The second-order valence-electron chi connectivity index (χ2n) is 8.98. The number of nitrogens with zero attached hydrogens (tertiary/aromatic N) is 4. The Morgan fingerprint density at radius 1 is 1.39 bits per heavy atom. The molecule has 4 saturated carbocycles. The van der Waals surface area contributed by atoms with E-state index < -0.39 is 0 Å². The quantitative estimate of drug-likeness (QED) is 0.882. The molecule has 4 bridgehead atoms. The summed E-state index contributed by atoms with van der Waals surface area (Å²) in [6, 6.07) is 4.69. The summed E-state index contributed by atoms with van der Waals surface area (Å²) < 4.78 is 6.90. The highest BCUT2D eigenvalue weighted by Gasteiger charge is 2.56. The van der Waals surface area contributed by atoms with Gasteiger partial charge in [0.05, 0.1) is 30.0 Å². The molecule has 1 amide bonds. The molecule has 28 heavy (non-hydrogen) atoms. The van der Waals surface area contributed by atoms with Crippen molar-refractivity contribution in [2.24, 2.45) is 23.2 Å². The van der Waals surface area contributed by atoms with E-state index in [9.17, 15) is 10.1 Å². The summed E-state index contributed by atoms with van der Waals surface area (Å²) in [5, 5.41) is 17.4. The number of ether oxygens (including phenoxy) is 1. The molecular weight excluding hydrogens is 354 g/mol. The normalized spacial score (nSPS) is 33.2. The molecule has 0 aromatic carbocycles. The molecule has 1 N–H and O–H groups in total. The summed E-state index contributed by atoms with van der Waals surface area (Å²) >= 11 is 0. The summed E-state index contributed by atoms with van der Waals surface area (Å²) in [6.45, 7) is 2.34. The average molecular weight is 379 g/mol. The van der Waals surface area contributed by atoms with Gasteiger partial charge in [0.25, 0.3) is 5.91 Å². The lowest BCUT2D eigenvalue weighted by atomic mass is 9.48. The number of rotatable bonds is 4. The SMILES string of the molecule is COCc1cc(C)n2ncc(C(=O)NC3C4CC5CC3CC(C#N)(C5)C4)c2n1. The third-order valence-corrected chi connectivity index (χ3v) is 7.05. The van der Waals surface area contributed by atoms with Gasteiger partial charge in [0.2, 0.25) is 0 Å². The van der Waals surface area contributed by atoms with E-state index in [1.807, 2.05) is 13.0 Å². The minimum Gasteiger partial charge on any atom is -0.378 e. The van der Waals surface area contributed by atoms with Crippen LogP contribution in [-0.4, -0.2) is 33.7 Å². The largest absolute Gasteiger partial charge is 0.378 e. The summed E-state index contributed by atoms with van der Waals surface area (Å²) in [6.07, 6.45) is 6.77. The lowest BCUT2D eigenvalue weighted by Crippen LogP contribution is -2.58. The molecule has 2 atom stereocenters. The van der Waals surface area contributed by atoms with Crippen LogP contribution in [0.3, 0.4) is 0 Å². The number of amides is 1. The second kappa shape index (κ2) is 6.28. The Kier molecular flexibility index (Phi) is 3.95. The van der Waals surface area contributed by atoms with E-state index in [4.69, 9.17) is 4.74 Å². The molecule has 0 radical (unpaired) electrons. The van der Waals surface area contributed by atoms with Gasteiger partial charge in [-0.1, -0.05) is 0 Å². The maximum absolute atomic E-state index is 13.1. The molecule has 2 aromatic rings. The Morgan fingerprint density at radius 2 is 2.14 bits per heavy atom. The number of nitrogens with one attached hydrogen (secondary N) is 1. The number of carbonyl (C=O) groups is 1. The first-order chi connectivity index (χ1) is 13.5. The van der Waals surface area contributed by atoms with Gasteiger partial charge in [-0.15, -0.1) is 0 Å². The number of aryl methyl sites for hydroxylation is 1. The zero-order chi connectivity index (χ0) is 19.5. The Balaban J connectivity index is 1.42. The van der Waals surface area contributed by atoms with Crippen molar-refractivity contribution in [1.29, 1.82) is 5.26 Å². The maximum atomic E-state index is 13.1. The van der Waals surface area contributed by atoms with Gasteiger partial charge < -0.3 is 10.1 Å². The molecule has 2 heterocycles. The smallest absolute Gasteiger partial charge is 0.257 e. The Bertz CT molecular complexity index is 975. The number of nitriles is 1. The molecule has 0 spiro atoms. The van der Waals surface area contributed by atoms with Gasteiger partial charge in [-0.05, 0) is 62.8 Å². The van der Waals surface area contributed by atoms with Crippen molar-refractivity contribution in [2.75, 3.05) is 7.11 Å². The van der Waals surface area contributed by atoms with E-state index >= 15 is 0 Å². The fourth-order valence-electron chi connectivity index (χ4n) is 6.19. The highest BCUT2D eigenvalue weighted by molar-refractivity contribution is 5.99. The van der Waals surface area contributed by atoms with Crippen LogP contribution in [0, 0.1) is 41.4 Å². The van der Waals surface area contributed by atoms with Gasteiger partial charge in [-0.25, -0.2) is 9.50 Å². The van der Waals surface area contributed by atoms with Gasteiger partial charge in [-0.3, -0.25) is 4.79 Å². The number of hydrogen-bond donors (Lipinski definition) is 1. The molecule has 4 fully saturated rings. The first-order valence-corrected chi connectivity index (χ1v) is 10.1. The number of hydrogen-bond acceptors (Lipinski definition) is 5. The highest BCUT2D eigenvalue weighted by Crippen LogP contribution is 2.59. The van der Waals surface area contributed by atoms with Crippen molar-refractivity contribution in [3.05, 3.63) is 29.2 Å². The predicted octanol–water partition coefficient (Wildman–Crippen LogP) is 2.63. The molecule has 7 heteroatoms. The molecule has 6 rings (SSSR count). The first kappa shape index (κ1) is 17.6. The molecule has 4 aliphatic rings. The summed E-state index contributed by atoms with van der Waals surface area (Å²) in [5.41, 5.74) is 2.64. The Labute approximate surface area is 164 Å². The molecule has 4 aliphatic carbocycles. The van der Waals surface area contributed by atoms with E-state index in [2.05, 4.69) is 21.5 Å². The third-order valence-electron chi connectivity index (χ3n) is 7.05. The number of aromatic nitrogens is 3. The van der Waals surface area contributed by atoms with Crippen LogP contribution in [0.15, 0.2) is 12.3 Å². The van der Waals surface area contributed by atoms with Crippen molar-refractivity contribution in [2.45, 2.75) is 51.7 Å². The molecule has 0 aliphatic heterocycles. The van der Waals surface area contributed by atoms with E-state index in [1.54, 1.807) is 17.8 Å². The molecule has 7 nitrogen and oxygen atoms in total. The van der Waals surface area contributed by atoms with Crippen LogP contribution in [0.5, 0.6) is 0 Å². The predicted molar refractivity (Wildman–Crippen MR) is 101 cm³/mol. The van der Waals surface area contributed by atoms with Gasteiger partial charge in [0.1, 0.15) is 5.56 Å². The molecule has 0 saturated heterocycles. The van der Waals surface area contributed by atoms with Crippen LogP contribution < -0.4 is 5.32 Å². The first-order valence-electron chi connectivity index (χ1n) is 10.1.